The molecule has 0 unspecified atom stereocenters. The number of carbonyl (C=O) groups is 2. The molecule has 5 nitrogen and oxygen atoms in total. The quantitative estimate of drug-likeness (QED) is 0.860. The van der Waals surface area contributed by atoms with E-state index in [-0.39, 0.29) is 17.8 Å². The minimum absolute atomic E-state index is 0.141. The van der Waals surface area contributed by atoms with Gasteiger partial charge in [-0.2, -0.15) is 0 Å². The lowest BCUT2D eigenvalue weighted by Gasteiger charge is -2.14. The van der Waals surface area contributed by atoms with E-state index in [4.69, 9.17) is 4.42 Å². The van der Waals surface area contributed by atoms with E-state index in [0.29, 0.717) is 10.7 Å². The average molecular weight is 328 g/mol. The number of hydrogen-bond acceptors (Lipinski definition) is 5. The van der Waals surface area contributed by atoms with Crippen molar-refractivity contribution < 1.29 is 14.0 Å². The summed E-state index contributed by atoms with van der Waals surface area (Å²) in [5, 5.41) is 2.80. The van der Waals surface area contributed by atoms with Crippen LogP contribution in [0.3, 0.4) is 0 Å². The molecule has 1 fully saturated rings. The number of nitrogens with zero attached hydrogens (tertiary/aromatic N) is 1. The van der Waals surface area contributed by atoms with Crippen LogP contribution in [0.2, 0.25) is 0 Å². The summed E-state index contributed by atoms with van der Waals surface area (Å²) >= 11 is 0.922. The fourth-order valence-corrected chi connectivity index (χ4v) is 2.96. The van der Waals surface area contributed by atoms with E-state index in [1.165, 1.54) is 4.90 Å². The second-order valence-electron chi connectivity index (χ2n) is 5.26. The normalized spacial score (nSPS) is 16.4. The largest absolute Gasteiger partial charge is 0.462 e. The Kier molecular flexibility index (Phi) is 4.25. The lowest BCUT2D eigenvalue weighted by molar-refractivity contribution is -0.122. The predicted molar refractivity (Wildman–Crippen MR) is 90.9 cm³/mol. The van der Waals surface area contributed by atoms with Crippen molar-refractivity contribution >= 4 is 34.7 Å². The Labute approximate surface area is 138 Å². The molecule has 1 aliphatic heterocycles. The fraction of sp³-hybridized carbons (Fsp3) is 0.176. The van der Waals surface area contributed by atoms with Gasteiger partial charge in [0.05, 0.1) is 11.6 Å². The Bertz CT molecular complexity index is 777. The highest BCUT2D eigenvalue weighted by Gasteiger charge is 2.35. The molecule has 0 atom stereocenters. The molecule has 1 aromatic heterocycles. The molecule has 2 aromatic rings. The summed E-state index contributed by atoms with van der Waals surface area (Å²) in [6.45, 7) is 3.97. The van der Waals surface area contributed by atoms with Crippen LogP contribution in [0, 0.1) is 13.8 Å². The smallest absolute Gasteiger partial charge is 0.295 e. The van der Waals surface area contributed by atoms with Crippen LogP contribution in [0.5, 0.6) is 0 Å². The Hall–Kier alpha value is -2.47. The van der Waals surface area contributed by atoms with Crippen molar-refractivity contribution in [2.75, 3.05) is 12.0 Å². The molecule has 1 N–H and O–H groups in total. The Morgan fingerprint density at radius 1 is 1.13 bits per heavy atom. The zero-order valence-electron chi connectivity index (χ0n) is 12.8. The molecule has 118 valence electrons. The minimum Gasteiger partial charge on any atom is -0.462 e. The monoisotopic (exact) mass is 328 g/mol. The van der Waals surface area contributed by atoms with Gasteiger partial charge in [-0.15, -0.1) is 0 Å². The topological polar surface area (TPSA) is 62.6 Å². The van der Waals surface area contributed by atoms with Crippen LogP contribution >= 0.6 is 11.8 Å². The standard InChI is InChI=1S/C17H16N2O3S/c1-11-3-6-13(7-4-11)18-10-19-16(20)15(23-17(19)21)9-14-8-5-12(2)22-14/h3-9,18H,10H2,1-2H3/b15-9+. The summed E-state index contributed by atoms with van der Waals surface area (Å²) in [4.78, 5) is 25.9. The number of carbonyl (C=O) groups excluding carboxylic acids is 2. The molecule has 1 aliphatic rings. The number of amides is 2. The first-order valence-electron chi connectivity index (χ1n) is 7.15. The van der Waals surface area contributed by atoms with Crippen LogP contribution in [-0.2, 0) is 4.79 Å². The third-order valence-electron chi connectivity index (χ3n) is 3.40. The third-order valence-corrected chi connectivity index (χ3v) is 4.31. The van der Waals surface area contributed by atoms with Gasteiger partial charge in [-0.25, -0.2) is 0 Å². The molecular formula is C17H16N2O3S. The van der Waals surface area contributed by atoms with Crippen molar-refractivity contribution in [3.8, 4) is 0 Å². The van der Waals surface area contributed by atoms with E-state index >= 15 is 0 Å². The van der Waals surface area contributed by atoms with Gasteiger partial charge >= 0.3 is 0 Å². The maximum absolute atomic E-state index is 12.3. The van der Waals surface area contributed by atoms with Crippen molar-refractivity contribution in [3.63, 3.8) is 0 Å². The van der Waals surface area contributed by atoms with Crippen LogP contribution in [0.1, 0.15) is 17.1 Å². The first-order chi connectivity index (χ1) is 11.0. The summed E-state index contributed by atoms with van der Waals surface area (Å²) in [6, 6.07) is 11.3. The molecular weight excluding hydrogens is 312 g/mol. The molecule has 2 amide bonds. The number of nitrogens with one attached hydrogen (secondary N) is 1. The Morgan fingerprint density at radius 2 is 1.87 bits per heavy atom. The van der Waals surface area contributed by atoms with E-state index in [1.807, 2.05) is 44.2 Å². The summed E-state index contributed by atoms with van der Waals surface area (Å²) in [6.07, 6.45) is 1.60. The first kappa shape index (κ1) is 15.4. The number of furan rings is 1. The fourth-order valence-electron chi connectivity index (χ4n) is 2.14. The third kappa shape index (κ3) is 3.48. The zero-order valence-corrected chi connectivity index (χ0v) is 13.6. The molecule has 2 heterocycles. The van der Waals surface area contributed by atoms with Crippen LogP contribution < -0.4 is 5.32 Å². The van der Waals surface area contributed by atoms with Crippen molar-refractivity contribution in [1.29, 1.82) is 0 Å². The predicted octanol–water partition coefficient (Wildman–Crippen LogP) is 4.00. The lowest BCUT2D eigenvalue weighted by Crippen LogP contribution is -2.33. The van der Waals surface area contributed by atoms with E-state index in [9.17, 15) is 9.59 Å². The summed E-state index contributed by atoms with van der Waals surface area (Å²) in [7, 11) is 0. The highest BCUT2D eigenvalue weighted by Crippen LogP contribution is 2.32. The minimum atomic E-state index is -0.311. The van der Waals surface area contributed by atoms with Crippen LogP contribution in [0.15, 0.2) is 45.7 Å². The maximum atomic E-state index is 12.3. The van der Waals surface area contributed by atoms with Gasteiger partial charge in [0.15, 0.2) is 0 Å². The Morgan fingerprint density at radius 3 is 2.52 bits per heavy atom. The summed E-state index contributed by atoms with van der Waals surface area (Å²) in [5.74, 6) is 1.02. The first-order valence-corrected chi connectivity index (χ1v) is 7.97. The molecule has 0 saturated carbocycles. The van der Waals surface area contributed by atoms with E-state index in [0.717, 1.165) is 28.8 Å². The van der Waals surface area contributed by atoms with E-state index < -0.39 is 0 Å². The number of hydrogen-bond donors (Lipinski definition) is 1. The Balaban J connectivity index is 1.69. The van der Waals surface area contributed by atoms with Gasteiger partial charge in [-0.1, -0.05) is 17.7 Å². The van der Waals surface area contributed by atoms with Gasteiger partial charge in [-0.3, -0.25) is 14.5 Å². The van der Waals surface area contributed by atoms with Crippen molar-refractivity contribution in [1.82, 2.24) is 4.90 Å². The van der Waals surface area contributed by atoms with Crippen molar-refractivity contribution in [3.05, 3.63) is 58.4 Å². The summed E-state index contributed by atoms with van der Waals surface area (Å²) < 4.78 is 5.42. The average Bonchev–Trinajstić information content (AvgIpc) is 3.04. The van der Waals surface area contributed by atoms with Crippen LogP contribution in [-0.4, -0.2) is 22.7 Å². The van der Waals surface area contributed by atoms with Crippen molar-refractivity contribution in [2.24, 2.45) is 0 Å². The van der Waals surface area contributed by atoms with Gasteiger partial charge in [0.2, 0.25) is 0 Å². The van der Waals surface area contributed by atoms with E-state index in [2.05, 4.69) is 5.32 Å². The second-order valence-corrected chi connectivity index (χ2v) is 6.25. The molecule has 23 heavy (non-hydrogen) atoms. The molecule has 1 aromatic carbocycles. The zero-order chi connectivity index (χ0) is 16.4. The number of thioether (sulfide) groups is 1. The SMILES string of the molecule is Cc1ccc(NCN2C(=O)S/C(=C/c3ccc(C)o3)C2=O)cc1. The number of imide groups is 1. The highest BCUT2D eigenvalue weighted by atomic mass is 32.2. The van der Waals surface area contributed by atoms with Crippen LogP contribution in [0.25, 0.3) is 6.08 Å². The van der Waals surface area contributed by atoms with Gasteiger partial charge in [0.1, 0.15) is 11.5 Å². The van der Waals surface area contributed by atoms with Gasteiger partial charge in [-0.05, 0) is 49.9 Å². The van der Waals surface area contributed by atoms with E-state index in [1.54, 1.807) is 12.1 Å². The molecule has 1 saturated heterocycles. The number of benzene rings is 1. The molecule has 6 heteroatoms. The lowest BCUT2D eigenvalue weighted by atomic mass is 10.2. The molecule has 0 bridgehead atoms. The molecule has 3 rings (SSSR count). The van der Waals surface area contributed by atoms with Crippen LogP contribution in [0.4, 0.5) is 10.5 Å². The molecule has 0 spiro atoms. The second kappa shape index (κ2) is 6.34. The number of aryl methyl sites for hydroxylation is 2. The van der Waals surface area contributed by atoms with Crippen molar-refractivity contribution in [2.45, 2.75) is 13.8 Å². The number of anilines is 1. The summed E-state index contributed by atoms with van der Waals surface area (Å²) in [5.41, 5.74) is 2.01. The molecule has 0 aliphatic carbocycles. The molecule has 0 radical (unpaired) electrons. The van der Waals surface area contributed by atoms with Gasteiger partial charge in [0, 0.05) is 11.8 Å². The van der Waals surface area contributed by atoms with Gasteiger partial charge in [0.25, 0.3) is 11.1 Å². The maximum Gasteiger partial charge on any atom is 0.295 e. The number of rotatable bonds is 4. The van der Waals surface area contributed by atoms with Gasteiger partial charge < -0.3 is 9.73 Å². The highest BCUT2D eigenvalue weighted by molar-refractivity contribution is 8.18.